The minimum Gasteiger partial charge on any atom is -0.466 e. The molecule has 0 saturated heterocycles. The molecule has 0 fully saturated rings. The number of rotatable bonds is 4. The summed E-state index contributed by atoms with van der Waals surface area (Å²) in [5.74, 6) is 0.427. The maximum atomic E-state index is 11.8. The molecule has 5 nitrogen and oxygen atoms in total. The fourth-order valence-electron chi connectivity index (χ4n) is 1.39. The lowest BCUT2D eigenvalue weighted by Crippen LogP contribution is -2.49. The van der Waals surface area contributed by atoms with Crippen LogP contribution in [0, 0.1) is 5.41 Å². The molecular weight excluding hydrogens is 244 g/mol. The van der Waals surface area contributed by atoms with E-state index in [1.54, 1.807) is 19.1 Å². The molecule has 1 rings (SSSR count). The number of carbonyl (C=O) groups excluding carboxylic acids is 1. The van der Waals surface area contributed by atoms with E-state index in [0.717, 1.165) is 0 Å². The molecule has 108 valence electrons. The van der Waals surface area contributed by atoms with E-state index in [9.17, 15) is 9.90 Å². The molecule has 0 saturated carbocycles. The summed E-state index contributed by atoms with van der Waals surface area (Å²) in [4.78, 5) is 11.8. The van der Waals surface area contributed by atoms with Gasteiger partial charge in [-0.05, 0) is 31.4 Å². The number of aliphatic hydroxyl groups is 1. The normalized spacial score (nSPS) is 16.5. The Labute approximate surface area is 114 Å². The zero-order chi connectivity index (χ0) is 14.7. The van der Waals surface area contributed by atoms with Gasteiger partial charge in [0.2, 0.25) is 0 Å². The largest absolute Gasteiger partial charge is 0.466 e. The Kier molecular flexibility index (Phi) is 4.63. The topological polar surface area (TPSA) is 74.5 Å². The molecule has 0 unspecified atom stereocenters. The van der Waals surface area contributed by atoms with Crippen LogP contribution in [0.15, 0.2) is 22.8 Å². The average Bonchev–Trinajstić information content (AvgIpc) is 2.79. The quantitative estimate of drug-likeness (QED) is 0.784. The van der Waals surface area contributed by atoms with Crippen molar-refractivity contribution in [2.24, 2.45) is 5.41 Å². The van der Waals surface area contributed by atoms with Crippen LogP contribution in [0.2, 0.25) is 0 Å². The van der Waals surface area contributed by atoms with Gasteiger partial charge in [-0.15, -0.1) is 0 Å². The van der Waals surface area contributed by atoms with E-state index in [4.69, 9.17) is 4.42 Å². The number of nitrogens with one attached hydrogen (secondary N) is 2. The Hall–Kier alpha value is -1.49. The lowest BCUT2D eigenvalue weighted by atomic mass is 9.88. The highest BCUT2D eigenvalue weighted by atomic mass is 16.4. The van der Waals surface area contributed by atoms with Crippen molar-refractivity contribution >= 4 is 6.03 Å². The smallest absolute Gasteiger partial charge is 0.315 e. The highest BCUT2D eigenvalue weighted by molar-refractivity contribution is 5.74. The summed E-state index contributed by atoms with van der Waals surface area (Å²) in [6.07, 6.45) is 1.49. The van der Waals surface area contributed by atoms with Crippen LogP contribution in [0.1, 0.15) is 40.4 Å². The zero-order valence-electron chi connectivity index (χ0n) is 12.3. The van der Waals surface area contributed by atoms with Gasteiger partial charge in [0.25, 0.3) is 0 Å². The van der Waals surface area contributed by atoms with E-state index in [1.165, 1.54) is 6.26 Å². The van der Waals surface area contributed by atoms with E-state index >= 15 is 0 Å². The molecule has 2 atom stereocenters. The number of amides is 2. The molecule has 0 aliphatic rings. The van der Waals surface area contributed by atoms with E-state index in [1.807, 2.05) is 6.92 Å². The Morgan fingerprint density at radius 2 is 2.05 bits per heavy atom. The van der Waals surface area contributed by atoms with Crippen LogP contribution in [-0.2, 0) is 5.60 Å². The zero-order valence-corrected chi connectivity index (χ0v) is 12.3. The van der Waals surface area contributed by atoms with Crippen molar-refractivity contribution < 1.29 is 14.3 Å². The molecule has 1 aromatic rings. The average molecular weight is 268 g/mol. The highest BCUT2D eigenvalue weighted by Crippen LogP contribution is 2.20. The molecule has 0 spiro atoms. The summed E-state index contributed by atoms with van der Waals surface area (Å²) < 4.78 is 5.14. The van der Waals surface area contributed by atoms with Crippen molar-refractivity contribution in [3.8, 4) is 0 Å². The van der Waals surface area contributed by atoms with Crippen molar-refractivity contribution in [2.45, 2.75) is 46.3 Å². The fraction of sp³-hybridized carbons (Fsp3) is 0.643. The highest BCUT2D eigenvalue weighted by Gasteiger charge is 2.27. The van der Waals surface area contributed by atoms with Crippen LogP contribution in [-0.4, -0.2) is 23.7 Å². The van der Waals surface area contributed by atoms with Gasteiger partial charge in [0.1, 0.15) is 11.4 Å². The maximum absolute atomic E-state index is 11.8. The number of carbonyl (C=O) groups is 1. The van der Waals surface area contributed by atoms with E-state index in [0.29, 0.717) is 5.76 Å². The monoisotopic (exact) mass is 268 g/mol. The first kappa shape index (κ1) is 15.6. The molecule has 0 aromatic carbocycles. The molecule has 1 aromatic heterocycles. The minimum absolute atomic E-state index is 0.0130. The molecule has 0 aliphatic heterocycles. The first-order valence-corrected chi connectivity index (χ1v) is 6.43. The second kappa shape index (κ2) is 5.65. The maximum Gasteiger partial charge on any atom is 0.315 e. The second-order valence-electron chi connectivity index (χ2n) is 6.17. The van der Waals surface area contributed by atoms with Gasteiger partial charge in [-0.2, -0.15) is 0 Å². The first-order valence-electron chi connectivity index (χ1n) is 6.43. The van der Waals surface area contributed by atoms with Gasteiger partial charge in [-0.3, -0.25) is 0 Å². The van der Waals surface area contributed by atoms with Crippen molar-refractivity contribution in [1.82, 2.24) is 10.6 Å². The van der Waals surface area contributed by atoms with Crippen LogP contribution >= 0.6 is 0 Å². The summed E-state index contributed by atoms with van der Waals surface area (Å²) in [7, 11) is 0. The predicted molar refractivity (Wildman–Crippen MR) is 73.7 cm³/mol. The summed E-state index contributed by atoms with van der Waals surface area (Å²) in [6, 6.07) is 3.11. The van der Waals surface area contributed by atoms with Gasteiger partial charge in [0, 0.05) is 6.04 Å². The van der Waals surface area contributed by atoms with E-state index in [-0.39, 0.29) is 24.0 Å². The Balaban J connectivity index is 2.47. The van der Waals surface area contributed by atoms with Crippen molar-refractivity contribution in [3.63, 3.8) is 0 Å². The molecule has 3 N–H and O–H groups in total. The van der Waals surface area contributed by atoms with Gasteiger partial charge in [0.15, 0.2) is 0 Å². The lowest BCUT2D eigenvalue weighted by Gasteiger charge is -2.29. The molecular formula is C14H24N2O3. The summed E-state index contributed by atoms with van der Waals surface area (Å²) in [6.45, 7) is 9.79. The summed E-state index contributed by atoms with van der Waals surface area (Å²) >= 11 is 0. The number of urea groups is 1. The van der Waals surface area contributed by atoms with Gasteiger partial charge in [0.05, 0.1) is 12.8 Å². The first-order chi connectivity index (χ1) is 8.63. The summed E-state index contributed by atoms with van der Waals surface area (Å²) in [5, 5.41) is 15.7. The van der Waals surface area contributed by atoms with Crippen LogP contribution < -0.4 is 10.6 Å². The number of hydrogen-bond acceptors (Lipinski definition) is 3. The SMILES string of the molecule is C[C@@H](NC(=O)NC[C@](C)(O)c1ccco1)C(C)(C)C. The van der Waals surface area contributed by atoms with Gasteiger partial charge in [-0.25, -0.2) is 4.79 Å². The van der Waals surface area contributed by atoms with Gasteiger partial charge >= 0.3 is 6.03 Å². The standard InChI is InChI=1S/C14H24N2O3/c1-10(13(2,3)4)16-12(17)15-9-14(5,18)11-7-6-8-19-11/h6-8,10,18H,9H2,1-5H3,(H2,15,16,17)/t10-,14+/m1/s1. The molecule has 0 aliphatic carbocycles. The lowest BCUT2D eigenvalue weighted by molar-refractivity contribution is 0.0365. The van der Waals surface area contributed by atoms with Crippen molar-refractivity contribution in [2.75, 3.05) is 6.54 Å². The number of furan rings is 1. The fourth-order valence-corrected chi connectivity index (χ4v) is 1.39. The van der Waals surface area contributed by atoms with Crippen molar-refractivity contribution in [3.05, 3.63) is 24.2 Å². The minimum atomic E-state index is -1.22. The van der Waals surface area contributed by atoms with E-state index in [2.05, 4.69) is 31.4 Å². The number of hydrogen-bond donors (Lipinski definition) is 3. The van der Waals surface area contributed by atoms with Crippen LogP contribution in [0.3, 0.4) is 0 Å². The van der Waals surface area contributed by atoms with Gasteiger partial charge in [-0.1, -0.05) is 20.8 Å². The third kappa shape index (κ3) is 4.59. The third-order valence-electron chi connectivity index (χ3n) is 3.29. The molecule has 5 heteroatoms. The van der Waals surface area contributed by atoms with Crippen LogP contribution in [0.5, 0.6) is 0 Å². The Morgan fingerprint density at radius 3 is 2.53 bits per heavy atom. The predicted octanol–water partition coefficient (Wildman–Crippen LogP) is 2.22. The third-order valence-corrected chi connectivity index (χ3v) is 3.29. The summed E-state index contributed by atoms with van der Waals surface area (Å²) in [5.41, 5.74) is -1.23. The van der Waals surface area contributed by atoms with Crippen LogP contribution in [0.25, 0.3) is 0 Å². The molecule has 0 radical (unpaired) electrons. The van der Waals surface area contributed by atoms with E-state index < -0.39 is 5.60 Å². The van der Waals surface area contributed by atoms with Crippen molar-refractivity contribution in [1.29, 1.82) is 0 Å². The molecule has 0 bridgehead atoms. The molecule has 19 heavy (non-hydrogen) atoms. The second-order valence-corrected chi connectivity index (χ2v) is 6.17. The van der Waals surface area contributed by atoms with Gasteiger partial charge < -0.3 is 20.2 Å². The Morgan fingerprint density at radius 1 is 1.42 bits per heavy atom. The Bertz CT molecular complexity index is 405. The molecule has 2 amide bonds. The van der Waals surface area contributed by atoms with Crippen LogP contribution in [0.4, 0.5) is 4.79 Å². The molecule has 1 heterocycles.